The van der Waals surface area contributed by atoms with Crippen LogP contribution in [0, 0.1) is 65.0 Å². The summed E-state index contributed by atoms with van der Waals surface area (Å²) in [7, 11) is 0. The second-order valence-corrected chi connectivity index (χ2v) is 15.9. The molecular formula is C28H32F6N2O2. The van der Waals surface area contributed by atoms with Crippen molar-refractivity contribution in [2.45, 2.75) is 67.7 Å². The Bertz CT molecular complexity index is 1270. The van der Waals surface area contributed by atoms with Crippen molar-refractivity contribution in [3.05, 3.63) is 0 Å². The number of rotatable bonds is 0. The molecule has 0 atom stereocenters. The minimum Gasteiger partial charge on any atom is -0.334 e. The molecule has 0 aromatic heterocycles. The van der Waals surface area contributed by atoms with E-state index >= 15 is 0 Å². The Kier molecular flexibility index (Phi) is 2.67. The van der Waals surface area contributed by atoms with E-state index in [1.54, 1.807) is 0 Å². The van der Waals surface area contributed by atoms with Crippen molar-refractivity contribution >= 4 is 11.8 Å². The summed E-state index contributed by atoms with van der Waals surface area (Å²) in [5.74, 6) is -3.55. The molecule has 2 amide bonds. The van der Waals surface area contributed by atoms with E-state index in [9.17, 15) is 35.9 Å². The van der Waals surface area contributed by atoms with E-state index in [4.69, 9.17) is 0 Å². The van der Waals surface area contributed by atoms with E-state index in [1.807, 2.05) is 0 Å². The minimum absolute atomic E-state index is 0.0507. The fourth-order valence-electron chi connectivity index (χ4n) is 19.2. The van der Waals surface area contributed by atoms with E-state index in [0.29, 0.717) is 0 Å². The summed E-state index contributed by atoms with van der Waals surface area (Å²) in [4.78, 5) is 27.7. The van der Waals surface area contributed by atoms with E-state index < -0.39 is 89.1 Å². The summed E-state index contributed by atoms with van der Waals surface area (Å²) in [6.07, 6.45) is -9.91. The molecule has 10 aliphatic rings. The van der Waals surface area contributed by atoms with Crippen LogP contribution in [0.5, 0.6) is 0 Å². The molecule has 38 heavy (non-hydrogen) atoms. The number of carbonyl (C=O) groups is 2. The summed E-state index contributed by atoms with van der Waals surface area (Å²) < 4.78 is 82.8. The molecule has 208 valence electrons. The maximum atomic E-state index is 13.8. The zero-order valence-electron chi connectivity index (χ0n) is 22.8. The van der Waals surface area contributed by atoms with Crippen LogP contribution in [0.3, 0.4) is 0 Å². The van der Waals surface area contributed by atoms with E-state index in [-0.39, 0.29) is 26.2 Å². The van der Waals surface area contributed by atoms with E-state index in [2.05, 4.69) is 55.4 Å². The molecule has 0 aromatic carbocycles. The van der Waals surface area contributed by atoms with Crippen LogP contribution in [0.4, 0.5) is 26.3 Å². The van der Waals surface area contributed by atoms with Gasteiger partial charge in [0, 0.05) is 47.8 Å². The van der Waals surface area contributed by atoms with Gasteiger partial charge in [-0.15, -0.1) is 0 Å². The van der Waals surface area contributed by atoms with Crippen LogP contribution in [0.2, 0.25) is 0 Å². The fraction of sp³-hybridized carbons (Fsp3) is 0.929. The lowest BCUT2D eigenvalue weighted by Crippen LogP contribution is -2.65. The lowest BCUT2D eigenvalue weighted by atomic mass is 9.39. The van der Waals surface area contributed by atoms with Gasteiger partial charge in [-0.3, -0.25) is 9.59 Å². The molecule has 0 bridgehead atoms. The van der Waals surface area contributed by atoms with Crippen molar-refractivity contribution in [2.24, 2.45) is 65.0 Å². The first kappa shape index (κ1) is 23.2. The van der Waals surface area contributed by atoms with Crippen LogP contribution in [-0.4, -0.2) is 60.1 Å². The first-order chi connectivity index (χ1) is 16.9. The standard InChI is InChI=1S/C28H32F6N2O2/c1-15-16(2)20(6)22(8)18(4)17(3)21(7,26(22)12-35(9-23(15,16)26)13(37)27(29,30)31)19(15,5)25(20)11-36(10-24(17,18)25)14(38)28(32,33)34/h9-12H2,1-8H3. The van der Waals surface area contributed by atoms with Crippen molar-refractivity contribution in [1.29, 1.82) is 0 Å². The molecule has 4 spiro atoms. The SMILES string of the molecule is CC12C3(C)C4(C)C5(C)C6(C)C7(C)C(C)(C1(C)C41CN(C(=O)C(F)(F)F)CC761)C51CN(C(=O)C(F)(F)F)CC231. The third kappa shape index (κ3) is 1.00. The summed E-state index contributed by atoms with van der Waals surface area (Å²) in [5, 5.41) is 0. The van der Waals surface area contributed by atoms with Gasteiger partial charge in [0.15, 0.2) is 0 Å². The highest BCUT2D eigenvalue weighted by Gasteiger charge is 3.34. The van der Waals surface area contributed by atoms with Crippen LogP contribution >= 0.6 is 0 Å². The molecule has 0 unspecified atom stereocenters. The second kappa shape index (κ2) is 4.36. The maximum absolute atomic E-state index is 13.8. The van der Waals surface area contributed by atoms with Crippen molar-refractivity contribution in [3.63, 3.8) is 0 Å². The summed E-state index contributed by atoms with van der Waals surface area (Å²) in [5.41, 5.74) is -6.05. The number of halogens is 6. The van der Waals surface area contributed by atoms with Crippen molar-refractivity contribution in [2.75, 3.05) is 26.2 Å². The van der Waals surface area contributed by atoms with Crippen molar-refractivity contribution < 1.29 is 35.9 Å². The Labute approximate surface area is 216 Å². The Hall–Kier alpha value is -1.48. The molecule has 0 N–H and O–H groups in total. The number of hydrogen-bond acceptors (Lipinski definition) is 2. The number of nitrogens with zero attached hydrogens (tertiary/aromatic N) is 2. The first-order valence-electron chi connectivity index (χ1n) is 13.7. The van der Waals surface area contributed by atoms with Gasteiger partial charge >= 0.3 is 24.2 Å². The third-order valence-corrected chi connectivity index (χ3v) is 18.9. The number of carbonyl (C=O) groups excluding carboxylic acids is 2. The van der Waals surface area contributed by atoms with Gasteiger partial charge in [-0.05, 0) is 43.3 Å². The van der Waals surface area contributed by atoms with Crippen LogP contribution < -0.4 is 0 Å². The van der Waals surface area contributed by atoms with Crippen molar-refractivity contribution in [1.82, 2.24) is 9.80 Å². The Morgan fingerprint density at radius 2 is 0.605 bits per heavy atom. The zero-order chi connectivity index (χ0) is 28.1. The lowest BCUT2D eigenvalue weighted by Gasteiger charge is -2.65. The predicted molar refractivity (Wildman–Crippen MR) is 120 cm³/mol. The van der Waals surface area contributed by atoms with Gasteiger partial charge in [-0.1, -0.05) is 55.4 Å². The van der Waals surface area contributed by atoms with Gasteiger partial charge in [0.25, 0.3) is 0 Å². The lowest BCUT2D eigenvalue weighted by molar-refractivity contribution is -0.204. The molecule has 10 fully saturated rings. The number of hydrogen-bond donors (Lipinski definition) is 0. The van der Waals surface area contributed by atoms with Crippen molar-refractivity contribution in [3.8, 4) is 0 Å². The maximum Gasteiger partial charge on any atom is 0.471 e. The molecule has 2 heterocycles. The van der Waals surface area contributed by atoms with E-state index in [1.165, 1.54) is 0 Å². The topological polar surface area (TPSA) is 40.6 Å². The highest BCUT2D eigenvalue weighted by Crippen LogP contribution is 3.34. The average Bonchev–Trinajstić information content (AvgIpc) is 3.16. The molecule has 0 aromatic rings. The quantitative estimate of drug-likeness (QED) is 0.410. The molecule has 4 nitrogen and oxygen atoms in total. The monoisotopic (exact) mass is 542 g/mol. The number of alkyl halides is 6. The minimum atomic E-state index is -4.96. The Morgan fingerprint density at radius 1 is 0.447 bits per heavy atom. The van der Waals surface area contributed by atoms with Gasteiger partial charge < -0.3 is 9.80 Å². The summed E-state index contributed by atoms with van der Waals surface area (Å²) >= 11 is 0. The van der Waals surface area contributed by atoms with Gasteiger partial charge in [-0.2, -0.15) is 26.3 Å². The van der Waals surface area contributed by atoms with Gasteiger partial charge in [0.1, 0.15) is 0 Å². The average molecular weight is 543 g/mol. The second-order valence-electron chi connectivity index (χ2n) is 15.9. The van der Waals surface area contributed by atoms with Crippen LogP contribution in [0.25, 0.3) is 0 Å². The predicted octanol–water partition coefficient (Wildman–Crippen LogP) is 4.89. The molecule has 10 heteroatoms. The molecule has 2 aliphatic heterocycles. The normalized spacial score (nSPS) is 69.7. The Balaban J connectivity index is 1.37. The third-order valence-electron chi connectivity index (χ3n) is 18.9. The highest BCUT2D eigenvalue weighted by atomic mass is 19.4. The number of likely N-dealkylation sites (tertiary alicyclic amines) is 2. The smallest absolute Gasteiger partial charge is 0.334 e. The molecule has 0 radical (unpaired) electrons. The Morgan fingerprint density at radius 3 is 0.737 bits per heavy atom. The first-order valence-corrected chi connectivity index (χ1v) is 13.7. The summed E-state index contributed by atoms with van der Waals surface area (Å²) in [6.45, 7) is 17.8. The fourth-order valence-corrected chi connectivity index (χ4v) is 19.2. The van der Waals surface area contributed by atoms with Gasteiger partial charge in [0.05, 0.1) is 0 Å². The van der Waals surface area contributed by atoms with Gasteiger partial charge in [0.2, 0.25) is 0 Å². The molecule has 2 saturated heterocycles. The zero-order valence-corrected chi connectivity index (χ0v) is 22.8. The highest BCUT2D eigenvalue weighted by molar-refractivity contribution is 5.88. The van der Waals surface area contributed by atoms with Crippen LogP contribution in [0.1, 0.15) is 55.4 Å². The summed E-state index contributed by atoms with van der Waals surface area (Å²) in [6, 6.07) is 0. The largest absolute Gasteiger partial charge is 0.471 e. The van der Waals surface area contributed by atoms with E-state index in [0.717, 1.165) is 9.80 Å². The molecule has 8 saturated carbocycles. The van der Waals surface area contributed by atoms with Gasteiger partial charge in [-0.25, -0.2) is 0 Å². The van der Waals surface area contributed by atoms with Crippen LogP contribution in [0.15, 0.2) is 0 Å². The number of amides is 2. The molecule has 10 rings (SSSR count). The van der Waals surface area contributed by atoms with Crippen LogP contribution in [-0.2, 0) is 9.59 Å². The molecular weight excluding hydrogens is 510 g/mol. The molecule has 8 aliphatic carbocycles.